The summed E-state index contributed by atoms with van der Waals surface area (Å²) in [5.41, 5.74) is 0. The summed E-state index contributed by atoms with van der Waals surface area (Å²) < 4.78 is 9.46. The Hall–Kier alpha value is -1.79. The maximum atomic E-state index is 11.6. The number of carboxylic acid groups (broad SMARTS) is 1. The first kappa shape index (κ1) is 21.2. The molecule has 0 aliphatic rings. The number of rotatable bonds is 10. The van der Waals surface area contributed by atoms with E-state index in [0.29, 0.717) is 18.3 Å². The number of carboxylic acids is 1. The summed E-state index contributed by atoms with van der Waals surface area (Å²) in [6.07, 6.45) is 0.537. The summed E-state index contributed by atoms with van der Waals surface area (Å²) >= 11 is 0. The summed E-state index contributed by atoms with van der Waals surface area (Å²) in [5.74, 6) is -1.38. The van der Waals surface area contributed by atoms with Crippen molar-refractivity contribution in [3.8, 4) is 0 Å². The number of ether oxygens (including phenoxy) is 2. The molecule has 0 rings (SSSR count). The molecule has 0 bridgehead atoms. The topological polar surface area (TPSA) is 102 Å². The lowest BCUT2D eigenvalue weighted by Crippen LogP contribution is -2.36. The fourth-order valence-corrected chi connectivity index (χ4v) is 2.43. The molecule has 0 saturated heterocycles. The van der Waals surface area contributed by atoms with Crippen LogP contribution in [0.3, 0.4) is 0 Å². The average Bonchev–Trinajstić information content (AvgIpc) is 2.39. The number of esters is 1. The highest BCUT2D eigenvalue weighted by atomic mass is 16.7. The molecule has 7 heteroatoms. The Kier molecular flexibility index (Phi) is 10.0. The molecule has 3 atom stereocenters. The van der Waals surface area contributed by atoms with E-state index in [1.807, 2.05) is 6.92 Å². The molecule has 0 aromatic rings. The molecule has 23 heavy (non-hydrogen) atoms. The van der Waals surface area contributed by atoms with E-state index in [4.69, 9.17) is 4.74 Å². The van der Waals surface area contributed by atoms with Crippen LogP contribution in [0.2, 0.25) is 0 Å². The largest absolute Gasteiger partial charge is 0.481 e. The molecule has 1 amide bonds. The quantitative estimate of drug-likeness (QED) is 0.471. The number of aliphatic carboxylic acids is 1. The van der Waals surface area contributed by atoms with Gasteiger partial charge in [0.25, 0.3) is 0 Å². The first-order valence-electron chi connectivity index (χ1n) is 8.00. The van der Waals surface area contributed by atoms with Crippen LogP contribution in [0, 0.1) is 17.8 Å². The number of nitrogens with one attached hydrogen (secondary N) is 1. The van der Waals surface area contributed by atoms with Gasteiger partial charge in [-0.2, -0.15) is 0 Å². The zero-order valence-corrected chi connectivity index (χ0v) is 14.6. The van der Waals surface area contributed by atoms with Gasteiger partial charge >= 0.3 is 18.0 Å². The summed E-state index contributed by atoms with van der Waals surface area (Å²) in [6, 6.07) is 0. The molecule has 0 aromatic heterocycles. The normalized spacial score (nSPS) is 14.7. The Bertz CT molecular complexity index is 396. The summed E-state index contributed by atoms with van der Waals surface area (Å²) in [5, 5.41) is 11.7. The van der Waals surface area contributed by atoms with E-state index in [1.165, 1.54) is 13.8 Å². The van der Waals surface area contributed by atoms with Crippen LogP contribution in [-0.4, -0.2) is 36.0 Å². The van der Waals surface area contributed by atoms with Crippen molar-refractivity contribution in [1.29, 1.82) is 0 Å². The summed E-state index contributed by atoms with van der Waals surface area (Å²) in [4.78, 5) is 33.7. The minimum atomic E-state index is -1.01. The SMILES string of the molecule is CC[C@H](CC(C)C)C[C@@H](CNC(=O)O[C@@H](C)OC(C)=O)C(=O)O. The molecule has 0 radical (unpaired) electrons. The third-order valence-corrected chi connectivity index (χ3v) is 3.45. The van der Waals surface area contributed by atoms with Gasteiger partial charge in [0.15, 0.2) is 0 Å². The highest BCUT2D eigenvalue weighted by Gasteiger charge is 2.23. The number of hydrogen-bond donors (Lipinski definition) is 2. The van der Waals surface area contributed by atoms with Crippen LogP contribution >= 0.6 is 0 Å². The zero-order chi connectivity index (χ0) is 18.0. The maximum absolute atomic E-state index is 11.6. The fourth-order valence-electron chi connectivity index (χ4n) is 2.43. The first-order valence-corrected chi connectivity index (χ1v) is 8.00. The Morgan fingerprint density at radius 1 is 1.09 bits per heavy atom. The third-order valence-electron chi connectivity index (χ3n) is 3.45. The third kappa shape index (κ3) is 10.5. The van der Waals surface area contributed by atoms with E-state index in [9.17, 15) is 19.5 Å². The van der Waals surface area contributed by atoms with Crippen molar-refractivity contribution in [1.82, 2.24) is 5.32 Å². The molecule has 2 N–H and O–H groups in total. The van der Waals surface area contributed by atoms with Crippen molar-refractivity contribution in [3.05, 3.63) is 0 Å². The molecule has 0 unspecified atom stereocenters. The van der Waals surface area contributed by atoms with Crippen molar-refractivity contribution < 1.29 is 29.0 Å². The molecular weight excluding hydrogens is 302 g/mol. The molecule has 0 fully saturated rings. The van der Waals surface area contributed by atoms with Gasteiger partial charge in [0.05, 0.1) is 5.92 Å². The van der Waals surface area contributed by atoms with E-state index in [-0.39, 0.29) is 6.54 Å². The smallest absolute Gasteiger partial charge is 0.410 e. The van der Waals surface area contributed by atoms with Crippen LogP contribution in [0.15, 0.2) is 0 Å². The van der Waals surface area contributed by atoms with Gasteiger partial charge in [0.1, 0.15) is 0 Å². The standard InChI is InChI=1S/C16H29NO6/c1-6-13(7-10(2)3)8-14(15(19)20)9-17-16(21)23-12(5)22-11(4)18/h10,12-14H,6-9H2,1-5H3,(H,17,21)(H,19,20)/t12-,13+,14-/m0/s1. The monoisotopic (exact) mass is 331 g/mol. The highest BCUT2D eigenvalue weighted by Crippen LogP contribution is 2.23. The lowest BCUT2D eigenvalue weighted by atomic mass is 9.86. The predicted octanol–water partition coefficient (Wildman–Crippen LogP) is 2.78. The number of hydrogen-bond acceptors (Lipinski definition) is 5. The van der Waals surface area contributed by atoms with Gasteiger partial charge in [0, 0.05) is 20.4 Å². The van der Waals surface area contributed by atoms with E-state index in [2.05, 4.69) is 23.9 Å². The molecular formula is C16H29NO6. The molecule has 0 aliphatic heterocycles. The number of alkyl carbamates (subject to hydrolysis) is 1. The van der Waals surface area contributed by atoms with E-state index >= 15 is 0 Å². The second-order valence-corrected chi connectivity index (χ2v) is 6.14. The molecule has 0 saturated carbocycles. The Labute approximate surface area is 137 Å². The van der Waals surface area contributed by atoms with Crippen LogP contribution in [0.25, 0.3) is 0 Å². The molecule has 0 aromatic carbocycles. The van der Waals surface area contributed by atoms with Crippen LogP contribution in [-0.2, 0) is 19.1 Å². The van der Waals surface area contributed by atoms with E-state index in [0.717, 1.165) is 12.8 Å². The Morgan fingerprint density at radius 3 is 2.13 bits per heavy atom. The minimum Gasteiger partial charge on any atom is -0.481 e. The van der Waals surface area contributed by atoms with Crippen LogP contribution < -0.4 is 5.32 Å². The van der Waals surface area contributed by atoms with Crippen LogP contribution in [0.1, 0.15) is 53.9 Å². The van der Waals surface area contributed by atoms with Gasteiger partial charge in [-0.05, 0) is 24.7 Å². The molecule has 0 aliphatic carbocycles. The van der Waals surface area contributed by atoms with Gasteiger partial charge in [-0.15, -0.1) is 0 Å². The van der Waals surface area contributed by atoms with Gasteiger partial charge in [-0.3, -0.25) is 9.59 Å². The number of carbonyl (C=O) groups excluding carboxylic acids is 2. The second kappa shape index (κ2) is 10.9. The first-order chi connectivity index (χ1) is 10.6. The van der Waals surface area contributed by atoms with Gasteiger partial charge in [-0.1, -0.05) is 27.2 Å². The Morgan fingerprint density at radius 2 is 1.70 bits per heavy atom. The van der Waals surface area contributed by atoms with Gasteiger partial charge < -0.3 is 19.9 Å². The zero-order valence-electron chi connectivity index (χ0n) is 14.6. The molecule has 0 spiro atoms. The van der Waals surface area contributed by atoms with Crippen molar-refractivity contribution >= 4 is 18.0 Å². The van der Waals surface area contributed by atoms with E-state index in [1.54, 1.807) is 0 Å². The van der Waals surface area contributed by atoms with Crippen molar-refractivity contribution in [2.24, 2.45) is 17.8 Å². The van der Waals surface area contributed by atoms with Crippen molar-refractivity contribution in [2.45, 2.75) is 60.2 Å². The molecule has 7 nitrogen and oxygen atoms in total. The molecule has 0 heterocycles. The number of amides is 1. The summed E-state index contributed by atoms with van der Waals surface area (Å²) in [7, 11) is 0. The number of carbonyl (C=O) groups is 3. The van der Waals surface area contributed by atoms with Gasteiger partial charge in [-0.25, -0.2) is 4.79 Å². The van der Waals surface area contributed by atoms with Crippen molar-refractivity contribution in [3.63, 3.8) is 0 Å². The lowest BCUT2D eigenvalue weighted by Gasteiger charge is -2.22. The van der Waals surface area contributed by atoms with Crippen LogP contribution in [0.4, 0.5) is 4.79 Å². The lowest BCUT2D eigenvalue weighted by molar-refractivity contribution is -0.162. The average molecular weight is 331 g/mol. The van der Waals surface area contributed by atoms with Gasteiger partial charge in [0.2, 0.25) is 6.29 Å². The van der Waals surface area contributed by atoms with Crippen LogP contribution in [0.5, 0.6) is 0 Å². The second-order valence-electron chi connectivity index (χ2n) is 6.14. The minimum absolute atomic E-state index is 0.0183. The highest BCUT2D eigenvalue weighted by molar-refractivity contribution is 5.72. The molecule has 134 valence electrons. The Balaban J connectivity index is 4.40. The predicted molar refractivity (Wildman–Crippen MR) is 84.7 cm³/mol. The fraction of sp³-hybridized carbons (Fsp3) is 0.812. The maximum Gasteiger partial charge on any atom is 0.410 e. The van der Waals surface area contributed by atoms with Crippen molar-refractivity contribution in [2.75, 3.05) is 6.54 Å². The summed E-state index contributed by atoms with van der Waals surface area (Å²) in [6.45, 7) is 8.84. The van der Waals surface area contributed by atoms with E-state index < -0.39 is 30.2 Å².